The van der Waals surface area contributed by atoms with E-state index in [4.69, 9.17) is 16.3 Å². The van der Waals surface area contributed by atoms with Gasteiger partial charge in [-0.2, -0.15) is 0 Å². The first-order valence-electron chi connectivity index (χ1n) is 8.26. The first kappa shape index (κ1) is 16.6. The predicted molar refractivity (Wildman–Crippen MR) is 90.0 cm³/mol. The molecular weight excluding hydrogens is 282 g/mol. The Hall–Kier alpha value is -0.730. The third-order valence-electron chi connectivity index (χ3n) is 4.65. The van der Waals surface area contributed by atoms with Crippen molar-refractivity contribution in [3.8, 4) is 5.75 Å². The summed E-state index contributed by atoms with van der Waals surface area (Å²) in [7, 11) is 0. The number of hydrogen-bond donors (Lipinski definition) is 1. The van der Waals surface area contributed by atoms with Crippen molar-refractivity contribution >= 4 is 11.6 Å². The Bertz CT molecular complexity index is 449. The molecule has 1 aliphatic carbocycles. The van der Waals surface area contributed by atoms with Crippen molar-refractivity contribution in [2.24, 2.45) is 11.8 Å². The third-order valence-corrected chi connectivity index (χ3v) is 5.00. The lowest BCUT2D eigenvalue weighted by atomic mass is 9.80. The molecule has 0 saturated heterocycles. The quantitative estimate of drug-likeness (QED) is 0.743. The standard InChI is InChI=1S/C18H28ClNO/c1-4-10-20-12-16-17(19)6-5-7-18(16)21-15-9-8-13(2)14(3)11-15/h5-7,13-15,20H,4,8-12H2,1-3H3. The Morgan fingerprint density at radius 3 is 2.76 bits per heavy atom. The molecule has 3 unspecified atom stereocenters. The van der Waals surface area contributed by atoms with Gasteiger partial charge in [0, 0.05) is 17.1 Å². The smallest absolute Gasteiger partial charge is 0.125 e. The molecule has 0 spiro atoms. The molecule has 1 aliphatic rings. The van der Waals surface area contributed by atoms with E-state index in [1.54, 1.807) is 0 Å². The highest BCUT2D eigenvalue weighted by Crippen LogP contribution is 2.34. The fraction of sp³-hybridized carbons (Fsp3) is 0.667. The second-order valence-corrected chi connectivity index (χ2v) is 6.81. The third kappa shape index (κ3) is 4.62. The molecular formula is C18H28ClNO. The topological polar surface area (TPSA) is 21.3 Å². The summed E-state index contributed by atoms with van der Waals surface area (Å²) in [6.07, 6.45) is 5.02. The molecule has 1 N–H and O–H groups in total. The minimum atomic E-state index is 0.333. The largest absolute Gasteiger partial charge is 0.490 e. The molecule has 1 fully saturated rings. The molecule has 1 aromatic carbocycles. The van der Waals surface area contributed by atoms with Crippen LogP contribution in [-0.4, -0.2) is 12.6 Å². The van der Waals surface area contributed by atoms with E-state index < -0.39 is 0 Å². The Balaban J connectivity index is 2.03. The normalized spacial score (nSPS) is 25.8. The number of benzene rings is 1. The van der Waals surface area contributed by atoms with Crippen LogP contribution in [0.2, 0.25) is 5.02 Å². The van der Waals surface area contributed by atoms with Crippen molar-refractivity contribution in [2.45, 2.75) is 59.1 Å². The molecule has 2 nitrogen and oxygen atoms in total. The van der Waals surface area contributed by atoms with Crippen LogP contribution in [0, 0.1) is 11.8 Å². The van der Waals surface area contributed by atoms with Crippen LogP contribution in [0.1, 0.15) is 52.0 Å². The first-order valence-corrected chi connectivity index (χ1v) is 8.64. The van der Waals surface area contributed by atoms with Crippen molar-refractivity contribution in [3.63, 3.8) is 0 Å². The summed E-state index contributed by atoms with van der Waals surface area (Å²) < 4.78 is 6.29. The van der Waals surface area contributed by atoms with Crippen molar-refractivity contribution in [1.82, 2.24) is 5.32 Å². The van der Waals surface area contributed by atoms with Crippen molar-refractivity contribution in [2.75, 3.05) is 6.54 Å². The minimum Gasteiger partial charge on any atom is -0.490 e. The molecule has 0 bridgehead atoms. The Morgan fingerprint density at radius 2 is 2.05 bits per heavy atom. The molecule has 118 valence electrons. The summed E-state index contributed by atoms with van der Waals surface area (Å²) in [6.45, 7) is 8.63. The number of hydrogen-bond acceptors (Lipinski definition) is 2. The van der Waals surface area contributed by atoms with Gasteiger partial charge in [0.15, 0.2) is 0 Å². The summed E-state index contributed by atoms with van der Waals surface area (Å²) >= 11 is 6.36. The molecule has 0 heterocycles. The van der Waals surface area contributed by atoms with Crippen LogP contribution >= 0.6 is 11.6 Å². The zero-order valence-electron chi connectivity index (χ0n) is 13.5. The van der Waals surface area contributed by atoms with Crippen LogP contribution in [0.15, 0.2) is 18.2 Å². The van der Waals surface area contributed by atoms with Crippen LogP contribution in [0.25, 0.3) is 0 Å². The van der Waals surface area contributed by atoms with Gasteiger partial charge in [-0.1, -0.05) is 38.4 Å². The molecule has 0 amide bonds. The summed E-state index contributed by atoms with van der Waals surface area (Å²) in [4.78, 5) is 0. The van der Waals surface area contributed by atoms with Gasteiger partial charge < -0.3 is 10.1 Å². The highest BCUT2D eigenvalue weighted by Gasteiger charge is 2.26. The lowest BCUT2D eigenvalue weighted by Crippen LogP contribution is -2.29. The zero-order valence-corrected chi connectivity index (χ0v) is 14.2. The van der Waals surface area contributed by atoms with Gasteiger partial charge in [0.1, 0.15) is 5.75 Å². The average molecular weight is 310 g/mol. The fourth-order valence-corrected chi connectivity index (χ4v) is 3.23. The van der Waals surface area contributed by atoms with Gasteiger partial charge in [0.05, 0.1) is 6.10 Å². The van der Waals surface area contributed by atoms with Gasteiger partial charge in [0.2, 0.25) is 0 Å². The summed E-state index contributed by atoms with van der Waals surface area (Å²) in [5, 5.41) is 4.22. The van der Waals surface area contributed by atoms with Gasteiger partial charge in [0.25, 0.3) is 0 Å². The van der Waals surface area contributed by atoms with E-state index in [2.05, 4.69) is 32.2 Å². The maximum atomic E-state index is 6.36. The molecule has 21 heavy (non-hydrogen) atoms. The first-order chi connectivity index (χ1) is 10.1. The van der Waals surface area contributed by atoms with Crippen molar-refractivity contribution in [1.29, 1.82) is 0 Å². The highest BCUT2D eigenvalue weighted by atomic mass is 35.5. The summed E-state index contributed by atoms with van der Waals surface area (Å²) in [5.74, 6) is 2.51. The number of rotatable bonds is 6. The average Bonchev–Trinajstić information content (AvgIpc) is 2.46. The van der Waals surface area contributed by atoms with E-state index in [9.17, 15) is 0 Å². The van der Waals surface area contributed by atoms with E-state index in [1.165, 1.54) is 6.42 Å². The van der Waals surface area contributed by atoms with E-state index >= 15 is 0 Å². The lowest BCUT2D eigenvalue weighted by Gasteiger charge is -2.32. The van der Waals surface area contributed by atoms with Crippen LogP contribution in [0.3, 0.4) is 0 Å². The number of halogens is 1. The molecule has 1 saturated carbocycles. The fourth-order valence-electron chi connectivity index (χ4n) is 3.00. The van der Waals surface area contributed by atoms with Crippen LogP contribution in [0.4, 0.5) is 0 Å². The summed E-state index contributed by atoms with van der Waals surface area (Å²) in [6, 6.07) is 5.98. The molecule has 0 radical (unpaired) electrons. The van der Waals surface area contributed by atoms with Crippen molar-refractivity contribution in [3.05, 3.63) is 28.8 Å². The van der Waals surface area contributed by atoms with Gasteiger partial charge in [-0.05, 0) is 56.2 Å². The molecule has 0 aliphatic heterocycles. The van der Waals surface area contributed by atoms with E-state index in [1.807, 2.05) is 12.1 Å². The van der Waals surface area contributed by atoms with E-state index in [-0.39, 0.29) is 0 Å². The summed E-state index contributed by atoms with van der Waals surface area (Å²) in [5.41, 5.74) is 1.10. The van der Waals surface area contributed by atoms with E-state index in [0.717, 1.165) is 60.5 Å². The molecule has 2 rings (SSSR count). The van der Waals surface area contributed by atoms with Gasteiger partial charge >= 0.3 is 0 Å². The Labute approximate surface area is 134 Å². The molecule has 3 heteroatoms. The number of ether oxygens (including phenoxy) is 1. The maximum absolute atomic E-state index is 6.36. The second-order valence-electron chi connectivity index (χ2n) is 6.40. The second kappa shape index (κ2) is 8.05. The predicted octanol–water partition coefficient (Wildman–Crippen LogP) is 5.04. The number of nitrogens with one attached hydrogen (secondary N) is 1. The molecule has 3 atom stereocenters. The Morgan fingerprint density at radius 1 is 1.24 bits per heavy atom. The van der Waals surface area contributed by atoms with E-state index in [0.29, 0.717) is 6.10 Å². The van der Waals surface area contributed by atoms with Gasteiger partial charge in [-0.3, -0.25) is 0 Å². The van der Waals surface area contributed by atoms with Crippen LogP contribution in [-0.2, 0) is 6.54 Å². The Kier molecular flexibility index (Phi) is 6.38. The minimum absolute atomic E-state index is 0.333. The highest BCUT2D eigenvalue weighted by molar-refractivity contribution is 6.31. The maximum Gasteiger partial charge on any atom is 0.125 e. The lowest BCUT2D eigenvalue weighted by molar-refractivity contribution is 0.0996. The van der Waals surface area contributed by atoms with Crippen LogP contribution in [0.5, 0.6) is 5.75 Å². The zero-order chi connectivity index (χ0) is 15.2. The molecule has 0 aromatic heterocycles. The SMILES string of the molecule is CCCNCc1c(Cl)cccc1OC1CCC(C)C(C)C1. The van der Waals surface area contributed by atoms with Crippen LogP contribution < -0.4 is 10.1 Å². The molecule has 1 aromatic rings. The van der Waals surface area contributed by atoms with Gasteiger partial charge in [-0.25, -0.2) is 0 Å². The van der Waals surface area contributed by atoms with Crippen molar-refractivity contribution < 1.29 is 4.74 Å². The van der Waals surface area contributed by atoms with Gasteiger partial charge in [-0.15, -0.1) is 0 Å². The monoisotopic (exact) mass is 309 g/mol.